The van der Waals surface area contributed by atoms with Gasteiger partial charge in [-0.15, -0.1) is 0 Å². The zero-order chi connectivity index (χ0) is 30.0. The lowest BCUT2D eigenvalue weighted by Gasteiger charge is -2.30. The standard InChI is InChI=1S/C24H32F2N7O5PS2/c1-14(19(34)36-4)32-39(40,41-11-10-15-8-6-5-7-9-15)37-12-24(26)20(35)23(2,25)21(38-24)33-13-29-16-17(28-3)30-22(27)31-18(16)33/h5-9,13-14,20-21,35H,10-12H2,1-4H3,(H,32,40)(H3,27,28,30,31)/t14-,20+,21-,23-,24-,39?/m1/s1. The summed E-state index contributed by atoms with van der Waals surface area (Å²) in [7, 11) is 2.82. The van der Waals surface area contributed by atoms with Crippen molar-refractivity contribution in [3.05, 3.63) is 42.2 Å². The number of anilines is 2. The third-order valence-electron chi connectivity index (χ3n) is 6.49. The minimum absolute atomic E-state index is 0.0725. The maximum atomic E-state index is 16.3. The van der Waals surface area contributed by atoms with E-state index in [0.29, 0.717) is 12.2 Å². The predicted molar refractivity (Wildman–Crippen MR) is 156 cm³/mol. The van der Waals surface area contributed by atoms with Gasteiger partial charge in [-0.3, -0.25) is 9.36 Å². The molecule has 0 saturated carbocycles. The molecule has 1 saturated heterocycles. The highest BCUT2D eigenvalue weighted by Gasteiger charge is 2.65. The van der Waals surface area contributed by atoms with Crippen molar-refractivity contribution in [3.63, 3.8) is 0 Å². The minimum Gasteiger partial charge on any atom is -0.468 e. The number of nitrogens with two attached hydrogens (primary N) is 1. The van der Waals surface area contributed by atoms with Gasteiger partial charge in [-0.1, -0.05) is 41.7 Å². The lowest BCUT2D eigenvalue weighted by molar-refractivity contribution is -0.201. The molecule has 5 N–H and O–H groups in total. The fourth-order valence-corrected chi connectivity index (χ4v) is 9.42. The van der Waals surface area contributed by atoms with Crippen LogP contribution >= 0.6 is 17.0 Å². The molecule has 1 fully saturated rings. The van der Waals surface area contributed by atoms with E-state index in [1.807, 2.05) is 30.3 Å². The molecule has 0 bridgehead atoms. The van der Waals surface area contributed by atoms with Crippen LogP contribution in [0.15, 0.2) is 36.7 Å². The highest BCUT2D eigenvalue weighted by atomic mass is 32.9. The summed E-state index contributed by atoms with van der Waals surface area (Å²) in [5, 5.41) is 16.6. The smallest absolute Gasteiger partial charge is 0.322 e. The summed E-state index contributed by atoms with van der Waals surface area (Å²) < 4.78 is 49.5. The van der Waals surface area contributed by atoms with E-state index in [-0.39, 0.29) is 22.9 Å². The van der Waals surface area contributed by atoms with Crippen LogP contribution in [0.3, 0.4) is 0 Å². The van der Waals surface area contributed by atoms with Gasteiger partial charge in [0.15, 0.2) is 40.6 Å². The number of alkyl halides is 2. The van der Waals surface area contributed by atoms with Crippen molar-refractivity contribution in [2.75, 3.05) is 37.6 Å². The monoisotopic (exact) mass is 631 g/mol. The number of nitrogen functional groups attached to an aromatic ring is 1. The van der Waals surface area contributed by atoms with Gasteiger partial charge in [0.2, 0.25) is 5.95 Å². The fourth-order valence-electron chi connectivity index (χ4n) is 4.32. The Balaban J connectivity index is 1.56. The number of ether oxygens (including phenoxy) is 2. The quantitative estimate of drug-likeness (QED) is 0.171. The maximum Gasteiger partial charge on any atom is 0.322 e. The highest BCUT2D eigenvalue weighted by molar-refractivity contribution is 8.68. The van der Waals surface area contributed by atoms with Crippen molar-refractivity contribution in [2.24, 2.45) is 0 Å². The molecule has 6 atom stereocenters. The zero-order valence-corrected chi connectivity index (χ0v) is 25.3. The largest absolute Gasteiger partial charge is 0.468 e. The number of esters is 1. The Morgan fingerprint density at radius 3 is 2.73 bits per heavy atom. The number of nitrogens with one attached hydrogen (secondary N) is 2. The van der Waals surface area contributed by atoms with Crippen molar-refractivity contribution < 1.29 is 32.7 Å². The molecule has 2 aromatic heterocycles. The molecule has 1 aliphatic rings. The van der Waals surface area contributed by atoms with Gasteiger partial charge in [0.1, 0.15) is 12.6 Å². The van der Waals surface area contributed by atoms with Gasteiger partial charge in [-0.25, -0.2) is 18.9 Å². The number of aliphatic hydroxyl groups excluding tert-OH is 1. The van der Waals surface area contributed by atoms with Crippen molar-refractivity contribution in [1.82, 2.24) is 24.6 Å². The fraction of sp³-hybridized carbons (Fsp3) is 0.500. The van der Waals surface area contributed by atoms with Gasteiger partial charge >= 0.3 is 5.97 Å². The number of rotatable bonds is 12. The minimum atomic E-state index is -3.20. The number of carbonyl (C=O) groups excluding carboxylic acids is 1. The van der Waals surface area contributed by atoms with Crippen LogP contribution in [0.4, 0.5) is 20.5 Å². The summed E-state index contributed by atoms with van der Waals surface area (Å²) in [6.07, 6.45) is -2.15. The highest BCUT2D eigenvalue weighted by Crippen LogP contribution is 2.59. The summed E-state index contributed by atoms with van der Waals surface area (Å²) >= 11 is 6.94. The number of aliphatic hydroxyl groups is 1. The van der Waals surface area contributed by atoms with Gasteiger partial charge in [0.25, 0.3) is 5.85 Å². The second kappa shape index (κ2) is 12.4. The number of aryl methyl sites for hydroxylation is 1. The molecule has 0 radical (unpaired) electrons. The van der Waals surface area contributed by atoms with Crippen LogP contribution in [0, 0.1) is 0 Å². The van der Waals surface area contributed by atoms with E-state index in [9.17, 15) is 9.90 Å². The van der Waals surface area contributed by atoms with E-state index in [2.05, 4.69) is 25.4 Å². The van der Waals surface area contributed by atoms with Crippen molar-refractivity contribution in [2.45, 2.75) is 50.2 Å². The second-order valence-electron chi connectivity index (χ2n) is 9.53. The Morgan fingerprint density at radius 2 is 2.07 bits per heavy atom. The first-order valence-electron chi connectivity index (χ1n) is 12.5. The van der Waals surface area contributed by atoms with Crippen LogP contribution in [-0.2, 0) is 37.0 Å². The summed E-state index contributed by atoms with van der Waals surface area (Å²) in [4.78, 5) is 24.4. The van der Waals surface area contributed by atoms with Crippen molar-refractivity contribution in [3.8, 4) is 0 Å². The number of nitrogens with zero attached hydrogens (tertiary/aromatic N) is 4. The molecule has 41 heavy (non-hydrogen) atoms. The van der Waals surface area contributed by atoms with Crippen LogP contribution < -0.4 is 16.1 Å². The predicted octanol–water partition coefficient (Wildman–Crippen LogP) is 3.10. The Kier molecular flexibility index (Phi) is 9.53. The molecule has 1 unspecified atom stereocenters. The molecule has 1 aromatic carbocycles. The van der Waals surface area contributed by atoms with Gasteiger partial charge in [-0.2, -0.15) is 9.97 Å². The third kappa shape index (κ3) is 6.63. The summed E-state index contributed by atoms with van der Waals surface area (Å²) in [5.41, 5.74) is 1.30. The number of carbonyl (C=O) groups is 1. The Hall–Kier alpha value is -2.46. The van der Waals surface area contributed by atoms with E-state index in [1.165, 1.54) is 31.7 Å². The third-order valence-corrected chi connectivity index (χ3v) is 12.2. The van der Waals surface area contributed by atoms with E-state index in [1.54, 1.807) is 7.05 Å². The van der Waals surface area contributed by atoms with E-state index in [4.69, 9.17) is 31.5 Å². The SMILES string of the molecule is CNc1nc(N)nc2c1ncn2[C@@H]1O[C@](F)(COP(=S)(N[C@H](C)C(=O)OC)SCCc2ccccc2)[C@@H](O)[C@@]1(C)F. The van der Waals surface area contributed by atoms with Crippen LogP contribution in [0.5, 0.6) is 0 Å². The molecular formula is C24H32F2N7O5PS2. The first-order valence-corrected chi connectivity index (χ1v) is 16.8. The lowest BCUT2D eigenvalue weighted by atomic mass is 9.97. The average Bonchev–Trinajstić information content (AvgIpc) is 3.44. The Morgan fingerprint density at radius 1 is 1.37 bits per heavy atom. The average molecular weight is 632 g/mol. The molecule has 4 rings (SSSR count). The Bertz CT molecular complexity index is 1440. The molecule has 1 aliphatic heterocycles. The molecule has 3 heterocycles. The van der Waals surface area contributed by atoms with Crippen molar-refractivity contribution >= 4 is 57.7 Å². The number of benzene rings is 1. The van der Waals surface area contributed by atoms with Gasteiger partial charge in [0, 0.05) is 12.8 Å². The molecule has 224 valence electrons. The van der Waals surface area contributed by atoms with E-state index < -0.39 is 48.1 Å². The summed E-state index contributed by atoms with van der Waals surface area (Å²) in [6.45, 7) is 1.61. The summed E-state index contributed by atoms with van der Waals surface area (Å²) in [5.74, 6) is -2.99. The molecular weight excluding hydrogens is 599 g/mol. The molecule has 12 nitrogen and oxygen atoms in total. The van der Waals surface area contributed by atoms with Crippen LogP contribution in [-0.4, -0.2) is 80.8 Å². The number of hydrogen-bond donors (Lipinski definition) is 4. The molecule has 0 spiro atoms. The molecule has 3 aromatic rings. The van der Waals surface area contributed by atoms with Gasteiger partial charge in [-0.05, 0) is 37.6 Å². The Labute approximate surface area is 244 Å². The number of aromatic nitrogens is 4. The maximum absolute atomic E-state index is 16.3. The second-order valence-corrected chi connectivity index (χ2v) is 16.3. The number of methoxy groups -OCH3 is 1. The summed E-state index contributed by atoms with van der Waals surface area (Å²) in [6, 6.07) is 8.75. The van der Waals surface area contributed by atoms with Gasteiger partial charge < -0.3 is 30.2 Å². The number of fused-ring (bicyclic) bond motifs is 1. The molecule has 0 amide bonds. The van der Waals surface area contributed by atoms with Crippen molar-refractivity contribution in [1.29, 1.82) is 0 Å². The zero-order valence-electron chi connectivity index (χ0n) is 22.8. The van der Waals surface area contributed by atoms with Crippen LogP contribution in [0.1, 0.15) is 25.6 Å². The molecule has 0 aliphatic carbocycles. The van der Waals surface area contributed by atoms with Gasteiger partial charge in [0.05, 0.1) is 13.4 Å². The first-order chi connectivity index (χ1) is 19.3. The van der Waals surface area contributed by atoms with E-state index >= 15 is 8.78 Å². The first kappa shape index (κ1) is 31.5. The molecule has 17 heteroatoms. The normalized spacial score (nSPS) is 26.5. The van der Waals surface area contributed by atoms with Crippen LogP contribution in [0.2, 0.25) is 0 Å². The lowest BCUT2D eigenvalue weighted by Crippen LogP contribution is -2.47. The number of halogens is 2. The van der Waals surface area contributed by atoms with E-state index in [0.717, 1.165) is 17.1 Å². The number of imidazole rings is 1. The topological polar surface area (TPSA) is 159 Å². The number of hydrogen-bond acceptors (Lipinski definition) is 12. The van der Waals surface area contributed by atoms with Crippen LogP contribution in [0.25, 0.3) is 11.2 Å².